The number of anilines is 2. The van der Waals surface area contributed by atoms with Crippen LogP contribution in [0.4, 0.5) is 10.7 Å². The Bertz CT molecular complexity index is 1240. The van der Waals surface area contributed by atoms with Crippen LogP contribution in [0.1, 0.15) is 43.0 Å². The number of thiophene rings is 1. The zero-order valence-electron chi connectivity index (χ0n) is 18.7. The number of hydrogen-bond donors (Lipinski definition) is 4. The summed E-state index contributed by atoms with van der Waals surface area (Å²) < 4.78 is 0. The maximum atomic E-state index is 13.5. The molecule has 168 valence electrons. The summed E-state index contributed by atoms with van der Waals surface area (Å²) in [6.07, 6.45) is 0.120. The summed E-state index contributed by atoms with van der Waals surface area (Å²) >= 11 is 1.42. The number of nitriles is 1. The Balaban J connectivity index is 1.58. The Kier molecular flexibility index (Phi) is 5.93. The van der Waals surface area contributed by atoms with Crippen molar-refractivity contribution in [2.75, 3.05) is 10.7 Å². The fourth-order valence-electron chi connectivity index (χ4n) is 3.72. The van der Waals surface area contributed by atoms with E-state index in [1.165, 1.54) is 16.9 Å². The highest BCUT2D eigenvalue weighted by Gasteiger charge is 2.48. The van der Waals surface area contributed by atoms with Crippen molar-refractivity contribution in [2.45, 2.75) is 38.3 Å². The number of nitrogens with one attached hydrogen (secondary N) is 4. The van der Waals surface area contributed by atoms with E-state index >= 15 is 0 Å². The molecule has 3 aromatic rings. The van der Waals surface area contributed by atoms with Crippen LogP contribution >= 0.6 is 11.3 Å². The third-order valence-corrected chi connectivity index (χ3v) is 6.41. The van der Waals surface area contributed by atoms with E-state index in [-0.39, 0.29) is 17.7 Å². The second kappa shape index (κ2) is 8.70. The molecule has 2 aromatic carbocycles. The summed E-state index contributed by atoms with van der Waals surface area (Å²) in [5, 5.41) is 17.6. The molecule has 0 fully saturated rings. The normalized spacial score (nSPS) is 16.9. The third kappa shape index (κ3) is 4.46. The molecule has 1 aliphatic heterocycles. The molecule has 0 saturated carbocycles. The molecule has 0 saturated heterocycles. The number of nitrogens with zero attached hydrogens (tertiary/aromatic N) is 1. The Morgan fingerprint density at radius 1 is 1.09 bits per heavy atom. The summed E-state index contributed by atoms with van der Waals surface area (Å²) in [7, 11) is 0. The van der Waals surface area contributed by atoms with Crippen LogP contribution in [0.5, 0.6) is 0 Å². The van der Waals surface area contributed by atoms with Crippen molar-refractivity contribution in [3.63, 3.8) is 0 Å². The molecule has 33 heavy (non-hydrogen) atoms. The van der Waals surface area contributed by atoms with Crippen molar-refractivity contribution in [3.05, 3.63) is 82.2 Å². The molecule has 4 rings (SSSR count). The Morgan fingerprint density at radius 3 is 2.52 bits per heavy atom. The van der Waals surface area contributed by atoms with Gasteiger partial charge in [-0.1, -0.05) is 57.2 Å². The number of hydrazine groups is 1. The predicted octanol–water partition coefficient (Wildman–Crippen LogP) is 4.00. The van der Waals surface area contributed by atoms with Gasteiger partial charge in [0, 0.05) is 5.56 Å². The molecular formula is C25H25N5O2S. The molecule has 2 heterocycles. The molecule has 4 N–H and O–H groups in total. The first-order valence-electron chi connectivity index (χ1n) is 10.5. The molecule has 1 atom stereocenters. The smallest absolute Gasteiger partial charge is 0.271 e. The first-order valence-corrected chi connectivity index (χ1v) is 11.4. The second-order valence-electron chi connectivity index (χ2n) is 8.95. The number of para-hydroxylation sites is 1. The van der Waals surface area contributed by atoms with Gasteiger partial charge in [0.1, 0.15) is 11.1 Å². The Labute approximate surface area is 196 Å². The van der Waals surface area contributed by atoms with E-state index in [0.717, 1.165) is 10.6 Å². The number of hydrogen-bond acceptors (Lipinski definition) is 6. The quantitative estimate of drug-likeness (QED) is 0.462. The Hall–Kier alpha value is -3.67. The molecule has 1 aliphatic rings. The maximum Gasteiger partial charge on any atom is 0.271 e. The van der Waals surface area contributed by atoms with Crippen LogP contribution in [-0.4, -0.2) is 11.8 Å². The van der Waals surface area contributed by atoms with Gasteiger partial charge in [-0.2, -0.15) is 10.7 Å². The fraction of sp³-hybridized carbons (Fsp3) is 0.240. The number of benzene rings is 2. The molecule has 2 amide bonds. The number of amides is 2. The molecule has 0 spiro atoms. The molecule has 0 aliphatic carbocycles. The highest BCUT2D eigenvalue weighted by molar-refractivity contribution is 7.14. The standard InChI is InChI=1S/C25H25N5O2S/c1-24(2,3)18-10-8-16(9-11-18)14-21(31)28-25(19-12-13-33-22(19)29-30-25)23(32)27-20-7-5-4-6-17(20)15-26/h4-13,29-30H,14H2,1-3H3,(H,27,32)(H,28,31). The van der Waals surface area contributed by atoms with Crippen LogP contribution in [0.15, 0.2) is 60.0 Å². The summed E-state index contributed by atoms with van der Waals surface area (Å²) in [5.41, 5.74) is 7.82. The van der Waals surface area contributed by atoms with Gasteiger partial charge in [-0.15, -0.1) is 11.3 Å². The zero-order valence-corrected chi connectivity index (χ0v) is 19.5. The number of carbonyl (C=O) groups excluding carboxylic acids is 2. The summed E-state index contributed by atoms with van der Waals surface area (Å²) in [5.74, 6) is -0.804. The van der Waals surface area contributed by atoms with Crippen LogP contribution in [0.3, 0.4) is 0 Å². The lowest BCUT2D eigenvalue weighted by molar-refractivity contribution is -0.131. The summed E-state index contributed by atoms with van der Waals surface area (Å²) in [6, 6.07) is 18.5. The van der Waals surface area contributed by atoms with E-state index in [1.54, 1.807) is 30.3 Å². The van der Waals surface area contributed by atoms with Gasteiger partial charge >= 0.3 is 0 Å². The first kappa shape index (κ1) is 22.5. The minimum atomic E-state index is -1.51. The van der Waals surface area contributed by atoms with Gasteiger partial charge in [0.15, 0.2) is 0 Å². The van der Waals surface area contributed by atoms with Crippen molar-refractivity contribution < 1.29 is 9.59 Å². The molecular weight excluding hydrogens is 434 g/mol. The van der Waals surface area contributed by atoms with Crippen LogP contribution in [0, 0.1) is 11.3 Å². The first-order chi connectivity index (χ1) is 15.7. The van der Waals surface area contributed by atoms with Crippen LogP contribution < -0.4 is 21.5 Å². The lowest BCUT2D eigenvalue weighted by atomic mass is 9.86. The van der Waals surface area contributed by atoms with Gasteiger partial charge < -0.3 is 16.1 Å². The molecule has 7 nitrogen and oxygen atoms in total. The van der Waals surface area contributed by atoms with Crippen molar-refractivity contribution >= 4 is 33.8 Å². The minimum absolute atomic E-state index is 0.0252. The summed E-state index contributed by atoms with van der Waals surface area (Å²) in [6.45, 7) is 6.41. The number of fused-ring (bicyclic) bond motifs is 1. The van der Waals surface area contributed by atoms with E-state index in [2.05, 4.69) is 48.3 Å². The van der Waals surface area contributed by atoms with Crippen molar-refractivity contribution in [1.29, 1.82) is 5.26 Å². The zero-order chi connectivity index (χ0) is 23.6. The molecule has 1 aromatic heterocycles. The van der Waals surface area contributed by atoms with Gasteiger partial charge in [0.25, 0.3) is 5.91 Å². The van der Waals surface area contributed by atoms with Gasteiger partial charge in [0.05, 0.1) is 17.7 Å². The van der Waals surface area contributed by atoms with Gasteiger partial charge in [-0.3, -0.25) is 9.59 Å². The van der Waals surface area contributed by atoms with E-state index in [0.29, 0.717) is 16.8 Å². The summed E-state index contributed by atoms with van der Waals surface area (Å²) in [4.78, 5) is 26.5. The second-order valence-corrected chi connectivity index (χ2v) is 9.86. The van der Waals surface area contributed by atoms with Crippen LogP contribution in [0.25, 0.3) is 0 Å². The fourth-order valence-corrected chi connectivity index (χ4v) is 4.52. The maximum absolute atomic E-state index is 13.5. The van der Waals surface area contributed by atoms with Gasteiger partial charge in [-0.25, -0.2) is 0 Å². The van der Waals surface area contributed by atoms with E-state index < -0.39 is 11.6 Å². The number of rotatable bonds is 5. The van der Waals surface area contributed by atoms with Crippen molar-refractivity contribution in [3.8, 4) is 6.07 Å². The average Bonchev–Trinajstić information content (AvgIpc) is 3.38. The molecule has 1 unspecified atom stereocenters. The van der Waals surface area contributed by atoms with E-state index in [1.807, 2.05) is 29.6 Å². The Morgan fingerprint density at radius 2 is 1.82 bits per heavy atom. The third-order valence-electron chi connectivity index (χ3n) is 5.58. The number of carbonyl (C=O) groups is 2. The lowest BCUT2D eigenvalue weighted by Gasteiger charge is -2.29. The van der Waals surface area contributed by atoms with Crippen LogP contribution in [0.2, 0.25) is 0 Å². The minimum Gasteiger partial charge on any atom is -0.325 e. The predicted molar refractivity (Wildman–Crippen MR) is 130 cm³/mol. The topological polar surface area (TPSA) is 106 Å². The van der Waals surface area contributed by atoms with Gasteiger partial charge in [0.2, 0.25) is 11.6 Å². The van der Waals surface area contributed by atoms with Gasteiger partial charge in [-0.05, 0) is 40.1 Å². The largest absolute Gasteiger partial charge is 0.325 e. The molecule has 0 bridgehead atoms. The highest BCUT2D eigenvalue weighted by Crippen LogP contribution is 2.37. The molecule has 8 heteroatoms. The monoisotopic (exact) mass is 459 g/mol. The van der Waals surface area contributed by atoms with E-state index in [4.69, 9.17) is 0 Å². The molecule has 0 radical (unpaired) electrons. The van der Waals surface area contributed by atoms with Crippen molar-refractivity contribution in [1.82, 2.24) is 10.7 Å². The SMILES string of the molecule is CC(C)(C)c1ccc(CC(=O)NC2(C(=O)Nc3ccccc3C#N)NNc3sccc32)cc1. The van der Waals surface area contributed by atoms with Crippen molar-refractivity contribution in [2.24, 2.45) is 0 Å². The lowest BCUT2D eigenvalue weighted by Crippen LogP contribution is -2.61. The van der Waals surface area contributed by atoms with Crippen LogP contribution in [-0.2, 0) is 27.1 Å². The average molecular weight is 460 g/mol. The van der Waals surface area contributed by atoms with E-state index in [9.17, 15) is 14.9 Å². The highest BCUT2D eigenvalue weighted by atomic mass is 32.1.